The van der Waals surface area contributed by atoms with Gasteiger partial charge in [-0.25, -0.2) is 14.5 Å². The molecule has 2 rings (SSSR count). The van der Waals surface area contributed by atoms with Crippen molar-refractivity contribution in [2.24, 2.45) is 0 Å². The standard InChI is InChI=1S/C36H58N4O7S2/c1-25(2)13-11-14-26(3)15-12-16-27(4)19-22-48-23-29(38-28(5)41)34(43)37-20-9-10-21-47-36(45)40-30-24-49-31(33(30)39-35(40)44)17-7-8-18-32(42)46-6/h13,15,19,29-31,33H,7-12,14,16-18,20-24H2,1-6H3,(H,37,43)(H,38,41)(H,39,44)/t29-,30?,31?,33?/m1/s1. The quantitative estimate of drug-likeness (QED) is 0.0509. The van der Waals surface area contributed by atoms with Crippen LogP contribution in [0.3, 0.4) is 0 Å². The molecule has 2 fully saturated rings. The van der Waals surface area contributed by atoms with Crippen molar-refractivity contribution < 1.29 is 33.4 Å². The normalized spacial score (nSPS) is 19.5. The Morgan fingerprint density at radius 3 is 2.39 bits per heavy atom. The number of carbonyl (C=O) groups is 5. The summed E-state index contributed by atoms with van der Waals surface area (Å²) >= 11 is 3.33. The van der Waals surface area contributed by atoms with E-state index in [0.717, 1.165) is 50.7 Å². The topological polar surface area (TPSA) is 143 Å². The third-order valence-corrected chi connectivity index (χ3v) is 10.9. The monoisotopic (exact) mass is 722 g/mol. The Morgan fingerprint density at radius 2 is 1.69 bits per heavy atom. The van der Waals surface area contributed by atoms with Crippen molar-refractivity contribution in [3.8, 4) is 0 Å². The Labute approximate surface area is 301 Å². The average molecular weight is 723 g/mol. The van der Waals surface area contributed by atoms with E-state index >= 15 is 0 Å². The first kappa shape index (κ1) is 42.2. The second kappa shape index (κ2) is 23.5. The molecule has 0 aliphatic carbocycles. The van der Waals surface area contributed by atoms with Crippen LogP contribution in [0.1, 0.15) is 98.8 Å². The number of rotatable bonds is 22. The Balaban J connectivity index is 1.64. The summed E-state index contributed by atoms with van der Waals surface area (Å²) in [6.07, 6.45) is 14.2. The van der Waals surface area contributed by atoms with Crippen LogP contribution in [-0.4, -0.2) is 95.7 Å². The predicted octanol–water partition coefficient (Wildman–Crippen LogP) is 6.29. The number of thioether (sulfide) groups is 2. The maximum Gasteiger partial charge on any atom is 0.418 e. The van der Waals surface area contributed by atoms with E-state index in [-0.39, 0.29) is 41.7 Å². The van der Waals surface area contributed by atoms with E-state index in [1.807, 2.05) is 0 Å². The maximum atomic E-state index is 12.8. The van der Waals surface area contributed by atoms with Crippen LogP contribution >= 0.6 is 23.5 Å². The van der Waals surface area contributed by atoms with Crippen LogP contribution in [0.15, 0.2) is 34.9 Å². The SMILES string of the molecule is COC(=O)CCCCC1SCC2C1NC(=O)N2C(=O)OCCCCNC(=O)[C@@H](CSCC=C(C)CCC=C(C)CCC=C(C)C)NC(C)=O. The molecule has 49 heavy (non-hydrogen) atoms. The Bertz CT molecular complexity index is 1200. The lowest BCUT2D eigenvalue weighted by atomic mass is 10.0. The van der Waals surface area contributed by atoms with Gasteiger partial charge in [-0.05, 0) is 79.1 Å². The first-order valence-electron chi connectivity index (χ1n) is 17.4. The highest BCUT2D eigenvalue weighted by molar-refractivity contribution is 8.00. The van der Waals surface area contributed by atoms with Gasteiger partial charge >= 0.3 is 18.1 Å². The number of amides is 5. The summed E-state index contributed by atoms with van der Waals surface area (Å²) < 4.78 is 10.1. The summed E-state index contributed by atoms with van der Waals surface area (Å²) in [6, 6.07) is -1.46. The molecule has 2 saturated heterocycles. The fraction of sp³-hybridized carbons (Fsp3) is 0.694. The van der Waals surface area contributed by atoms with E-state index in [9.17, 15) is 24.0 Å². The summed E-state index contributed by atoms with van der Waals surface area (Å²) in [7, 11) is 1.38. The molecule has 5 amide bonds. The zero-order valence-corrected chi connectivity index (χ0v) is 31.9. The fourth-order valence-electron chi connectivity index (χ4n) is 5.61. The van der Waals surface area contributed by atoms with Crippen molar-refractivity contribution in [2.45, 2.75) is 122 Å². The van der Waals surface area contributed by atoms with Crippen LogP contribution in [0, 0.1) is 0 Å². The number of imide groups is 1. The van der Waals surface area contributed by atoms with Crippen molar-refractivity contribution in [1.29, 1.82) is 0 Å². The largest absolute Gasteiger partial charge is 0.469 e. The number of urea groups is 1. The van der Waals surface area contributed by atoms with E-state index < -0.39 is 18.2 Å². The summed E-state index contributed by atoms with van der Waals surface area (Å²) in [4.78, 5) is 62.4. The number of nitrogens with one attached hydrogen (secondary N) is 3. The highest BCUT2D eigenvalue weighted by atomic mass is 32.2. The number of hydrogen-bond acceptors (Lipinski definition) is 9. The lowest BCUT2D eigenvalue weighted by molar-refractivity contribution is -0.140. The minimum absolute atomic E-state index is 0.127. The van der Waals surface area contributed by atoms with Gasteiger partial charge in [-0.2, -0.15) is 23.5 Å². The van der Waals surface area contributed by atoms with Gasteiger partial charge in [-0.3, -0.25) is 14.4 Å². The third-order valence-electron chi connectivity index (χ3n) is 8.43. The second-order valence-electron chi connectivity index (χ2n) is 13.0. The zero-order valence-electron chi connectivity index (χ0n) is 30.3. The number of unbranched alkanes of at least 4 members (excludes halogenated alkanes) is 2. The molecule has 0 aromatic rings. The molecule has 4 atom stereocenters. The van der Waals surface area contributed by atoms with Crippen molar-refractivity contribution in [1.82, 2.24) is 20.9 Å². The smallest absolute Gasteiger partial charge is 0.418 e. The zero-order chi connectivity index (χ0) is 36.2. The molecule has 2 aliphatic rings. The van der Waals surface area contributed by atoms with Crippen molar-refractivity contribution >= 4 is 53.4 Å². The summed E-state index contributed by atoms with van der Waals surface area (Å²) in [5.41, 5.74) is 4.08. The summed E-state index contributed by atoms with van der Waals surface area (Å²) in [6.45, 7) is 10.5. The lowest BCUT2D eigenvalue weighted by Gasteiger charge is -2.20. The van der Waals surface area contributed by atoms with Crippen molar-refractivity contribution in [3.63, 3.8) is 0 Å². The van der Waals surface area contributed by atoms with Gasteiger partial charge < -0.3 is 25.4 Å². The number of hydrogen-bond donors (Lipinski definition) is 3. The molecular formula is C36H58N4O7S2. The Kier molecular flexibility index (Phi) is 20.2. The van der Waals surface area contributed by atoms with E-state index in [2.05, 4.69) is 66.6 Å². The molecule has 0 radical (unpaired) electrons. The number of allylic oxidation sites excluding steroid dienone is 5. The van der Waals surface area contributed by atoms with Gasteiger partial charge in [0.2, 0.25) is 11.8 Å². The molecule has 276 valence electrons. The second-order valence-corrected chi connectivity index (χ2v) is 15.3. The highest BCUT2D eigenvalue weighted by Gasteiger charge is 2.50. The van der Waals surface area contributed by atoms with Crippen molar-refractivity contribution in [2.75, 3.05) is 37.5 Å². The molecule has 0 spiro atoms. The van der Waals surface area contributed by atoms with Gasteiger partial charge in [0.25, 0.3) is 0 Å². The van der Waals surface area contributed by atoms with Crippen LogP contribution < -0.4 is 16.0 Å². The molecular weight excluding hydrogens is 665 g/mol. The third kappa shape index (κ3) is 16.6. The van der Waals surface area contributed by atoms with Crippen LogP contribution in [-0.2, 0) is 23.9 Å². The predicted molar refractivity (Wildman–Crippen MR) is 199 cm³/mol. The van der Waals surface area contributed by atoms with Gasteiger partial charge in [0.1, 0.15) is 6.04 Å². The molecule has 3 N–H and O–H groups in total. The van der Waals surface area contributed by atoms with Gasteiger partial charge in [-0.1, -0.05) is 41.4 Å². The Morgan fingerprint density at radius 1 is 0.980 bits per heavy atom. The Hall–Kier alpha value is -2.93. The minimum Gasteiger partial charge on any atom is -0.469 e. The first-order chi connectivity index (χ1) is 23.4. The first-order valence-corrected chi connectivity index (χ1v) is 19.6. The van der Waals surface area contributed by atoms with Gasteiger partial charge in [0, 0.05) is 42.4 Å². The number of nitrogens with zero attached hydrogens (tertiary/aromatic N) is 1. The van der Waals surface area contributed by atoms with Crippen LogP contribution in [0.5, 0.6) is 0 Å². The van der Waals surface area contributed by atoms with E-state index in [1.54, 1.807) is 23.5 Å². The number of ether oxygens (including phenoxy) is 2. The molecule has 11 nitrogen and oxygen atoms in total. The molecule has 13 heteroatoms. The van der Waals surface area contributed by atoms with E-state index in [0.29, 0.717) is 37.3 Å². The molecule has 2 heterocycles. The number of esters is 1. The van der Waals surface area contributed by atoms with Gasteiger partial charge in [0.05, 0.1) is 25.8 Å². The number of fused-ring (bicyclic) bond motifs is 1. The van der Waals surface area contributed by atoms with Crippen LogP contribution in [0.25, 0.3) is 0 Å². The number of carbonyl (C=O) groups excluding carboxylic acids is 5. The van der Waals surface area contributed by atoms with E-state index in [1.165, 1.54) is 35.7 Å². The summed E-state index contributed by atoms with van der Waals surface area (Å²) in [5.74, 6) is 1.14. The van der Waals surface area contributed by atoms with Gasteiger partial charge in [0.15, 0.2) is 0 Å². The van der Waals surface area contributed by atoms with Crippen molar-refractivity contribution in [3.05, 3.63) is 34.9 Å². The molecule has 2 aliphatic heterocycles. The van der Waals surface area contributed by atoms with E-state index in [4.69, 9.17) is 4.74 Å². The number of methoxy groups -OCH3 is 1. The average Bonchev–Trinajstić information content (AvgIpc) is 3.58. The van der Waals surface area contributed by atoms with Crippen LogP contribution in [0.4, 0.5) is 9.59 Å². The summed E-state index contributed by atoms with van der Waals surface area (Å²) in [5, 5.41) is 8.74. The molecule has 3 unspecified atom stereocenters. The molecule has 0 aromatic carbocycles. The van der Waals surface area contributed by atoms with Gasteiger partial charge in [-0.15, -0.1) is 0 Å². The molecule has 0 saturated carbocycles. The molecule has 0 bridgehead atoms. The fourth-order valence-corrected chi connectivity index (χ4v) is 8.21. The minimum atomic E-state index is -0.658. The molecule has 0 aromatic heterocycles. The highest BCUT2D eigenvalue weighted by Crippen LogP contribution is 2.37. The van der Waals surface area contributed by atoms with Crippen LogP contribution in [0.2, 0.25) is 0 Å². The maximum absolute atomic E-state index is 12.8. The lowest BCUT2D eigenvalue weighted by Crippen LogP contribution is -2.47.